The molecule has 2 aromatic rings. The SMILES string of the molecule is CCCOc1cccc([C@H]2C(=C(O)c3ccc(OC(C)C)cc3)C(=O)C(=O)N2CCN(C)C)c1. The quantitative estimate of drug-likeness (QED) is 0.320. The summed E-state index contributed by atoms with van der Waals surface area (Å²) in [6.45, 7) is 7.38. The number of aliphatic hydroxyl groups excluding tert-OH is 1. The van der Waals surface area contributed by atoms with Crippen LogP contribution in [0.5, 0.6) is 11.5 Å². The zero-order valence-corrected chi connectivity index (χ0v) is 20.6. The molecule has 1 fully saturated rings. The molecular formula is C27H34N2O5. The molecule has 1 saturated heterocycles. The lowest BCUT2D eigenvalue weighted by atomic mass is 9.95. The number of hydrogen-bond acceptors (Lipinski definition) is 6. The van der Waals surface area contributed by atoms with Gasteiger partial charge in [-0.25, -0.2) is 0 Å². The van der Waals surface area contributed by atoms with Crippen molar-refractivity contribution in [2.24, 2.45) is 0 Å². The maximum atomic E-state index is 13.1. The average molecular weight is 467 g/mol. The van der Waals surface area contributed by atoms with Gasteiger partial charge < -0.3 is 24.4 Å². The molecule has 0 aliphatic carbocycles. The van der Waals surface area contributed by atoms with Gasteiger partial charge in [0.25, 0.3) is 11.7 Å². The standard InChI is InChI=1S/C27H34N2O5/c1-6-16-33-22-9-7-8-20(17-22)24-23(26(31)27(32)29(24)15-14-28(4)5)25(30)19-10-12-21(13-11-19)34-18(2)3/h7-13,17-18,24,30H,6,14-16H2,1-5H3/t24-/m0/s1. The van der Waals surface area contributed by atoms with Crippen molar-refractivity contribution in [1.82, 2.24) is 9.80 Å². The molecule has 1 atom stereocenters. The third kappa shape index (κ3) is 5.78. The second kappa shape index (κ2) is 11.2. The summed E-state index contributed by atoms with van der Waals surface area (Å²) in [7, 11) is 3.82. The first-order valence-electron chi connectivity index (χ1n) is 11.7. The highest BCUT2D eigenvalue weighted by atomic mass is 16.5. The summed E-state index contributed by atoms with van der Waals surface area (Å²) in [5, 5.41) is 11.2. The van der Waals surface area contributed by atoms with E-state index in [1.54, 1.807) is 24.3 Å². The lowest BCUT2D eigenvalue weighted by molar-refractivity contribution is -0.140. The Morgan fingerprint density at radius 1 is 1.09 bits per heavy atom. The minimum atomic E-state index is -0.711. The molecule has 1 heterocycles. The number of rotatable bonds is 10. The van der Waals surface area contributed by atoms with Crippen molar-refractivity contribution in [3.8, 4) is 11.5 Å². The van der Waals surface area contributed by atoms with E-state index in [0.717, 1.165) is 6.42 Å². The fraction of sp³-hybridized carbons (Fsp3) is 0.407. The number of hydrogen-bond donors (Lipinski definition) is 1. The number of nitrogens with zero attached hydrogens (tertiary/aromatic N) is 2. The molecule has 1 N–H and O–H groups in total. The second-order valence-corrected chi connectivity index (χ2v) is 8.91. The van der Waals surface area contributed by atoms with Crippen LogP contribution >= 0.6 is 0 Å². The summed E-state index contributed by atoms with van der Waals surface area (Å²) >= 11 is 0. The molecule has 7 heteroatoms. The monoisotopic (exact) mass is 466 g/mol. The summed E-state index contributed by atoms with van der Waals surface area (Å²) in [6, 6.07) is 13.5. The van der Waals surface area contributed by atoms with E-state index >= 15 is 0 Å². The highest BCUT2D eigenvalue weighted by molar-refractivity contribution is 6.46. The zero-order valence-electron chi connectivity index (χ0n) is 20.6. The van der Waals surface area contributed by atoms with Gasteiger partial charge in [0.1, 0.15) is 17.3 Å². The Balaban J connectivity index is 2.07. The molecule has 0 unspecified atom stereocenters. The van der Waals surface area contributed by atoms with E-state index in [0.29, 0.717) is 42.3 Å². The van der Waals surface area contributed by atoms with Crippen molar-refractivity contribution in [3.63, 3.8) is 0 Å². The molecule has 3 rings (SSSR count). The molecule has 0 radical (unpaired) electrons. The van der Waals surface area contributed by atoms with Crippen LogP contribution in [0.2, 0.25) is 0 Å². The van der Waals surface area contributed by atoms with Crippen molar-refractivity contribution in [2.45, 2.75) is 39.3 Å². The number of ketones is 1. The van der Waals surface area contributed by atoms with Crippen LogP contribution in [0, 0.1) is 0 Å². The number of Topliss-reactive ketones (excluding diaryl/α,β-unsaturated/α-hetero) is 1. The fourth-order valence-corrected chi connectivity index (χ4v) is 3.88. The zero-order chi connectivity index (χ0) is 24.8. The van der Waals surface area contributed by atoms with E-state index in [2.05, 4.69) is 0 Å². The lowest BCUT2D eigenvalue weighted by Crippen LogP contribution is -2.35. The first-order valence-corrected chi connectivity index (χ1v) is 11.7. The van der Waals surface area contributed by atoms with Gasteiger partial charge >= 0.3 is 0 Å². The van der Waals surface area contributed by atoms with Crippen LogP contribution in [0.4, 0.5) is 0 Å². The molecule has 0 bridgehead atoms. The van der Waals surface area contributed by atoms with Gasteiger partial charge in [0, 0.05) is 18.7 Å². The minimum absolute atomic E-state index is 0.0173. The van der Waals surface area contributed by atoms with Crippen molar-refractivity contribution in [2.75, 3.05) is 33.8 Å². The summed E-state index contributed by atoms with van der Waals surface area (Å²) in [5.41, 5.74) is 1.24. The molecule has 1 amide bonds. The van der Waals surface area contributed by atoms with E-state index in [9.17, 15) is 14.7 Å². The lowest BCUT2D eigenvalue weighted by Gasteiger charge is -2.27. The minimum Gasteiger partial charge on any atom is -0.507 e. The predicted molar refractivity (Wildman–Crippen MR) is 132 cm³/mol. The molecule has 1 aliphatic heterocycles. The Kier molecular flexibility index (Phi) is 8.34. The Hall–Kier alpha value is -3.32. The third-order valence-electron chi connectivity index (χ3n) is 5.47. The Labute approximate surface area is 201 Å². The molecule has 2 aromatic carbocycles. The van der Waals surface area contributed by atoms with E-state index < -0.39 is 17.7 Å². The molecule has 1 aliphatic rings. The van der Waals surface area contributed by atoms with Crippen LogP contribution in [0.15, 0.2) is 54.1 Å². The molecule has 0 saturated carbocycles. The van der Waals surface area contributed by atoms with Crippen molar-refractivity contribution < 1.29 is 24.2 Å². The van der Waals surface area contributed by atoms with Gasteiger partial charge in [0.15, 0.2) is 0 Å². The summed E-state index contributed by atoms with van der Waals surface area (Å²) in [5.74, 6) is -0.189. The van der Waals surface area contributed by atoms with Gasteiger partial charge in [-0.2, -0.15) is 0 Å². The van der Waals surface area contributed by atoms with E-state index in [1.807, 2.05) is 64.0 Å². The van der Waals surface area contributed by atoms with Crippen LogP contribution in [-0.2, 0) is 9.59 Å². The van der Waals surface area contributed by atoms with Crippen LogP contribution in [-0.4, -0.2) is 66.5 Å². The van der Waals surface area contributed by atoms with Crippen LogP contribution in [0.1, 0.15) is 44.4 Å². The molecule has 0 aromatic heterocycles. The number of aliphatic hydroxyl groups is 1. The summed E-state index contributed by atoms with van der Waals surface area (Å²) in [6.07, 6.45) is 0.880. The van der Waals surface area contributed by atoms with E-state index in [1.165, 1.54) is 4.90 Å². The predicted octanol–water partition coefficient (Wildman–Crippen LogP) is 4.25. The maximum absolute atomic E-state index is 13.1. The maximum Gasteiger partial charge on any atom is 0.295 e. The summed E-state index contributed by atoms with van der Waals surface area (Å²) < 4.78 is 11.5. The Morgan fingerprint density at radius 3 is 2.41 bits per heavy atom. The summed E-state index contributed by atoms with van der Waals surface area (Å²) in [4.78, 5) is 29.7. The van der Waals surface area contributed by atoms with Crippen molar-refractivity contribution in [1.29, 1.82) is 0 Å². The van der Waals surface area contributed by atoms with Crippen LogP contribution in [0.3, 0.4) is 0 Å². The molecule has 34 heavy (non-hydrogen) atoms. The number of likely N-dealkylation sites (N-methyl/N-ethyl adjacent to an activating group) is 1. The van der Waals surface area contributed by atoms with Crippen molar-refractivity contribution >= 4 is 17.4 Å². The molecule has 0 spiro atoms. The second-order valence-electron chi connectivity index (χ2n) is 8.91. The number of likely N-dealkylation sites (tertiary alicyclic amines) is 1. The largest absolute Gasteiger partial charge is 0.507 e. The van der Waals surface area contributed by atoms with Crippen LogP contribution in [0.25, 0.3) is 5.76 Å². The van der Waals surface area contributed by atoms with Crippen molar-refractivity contribution in [3.05, 3.63) is 65.2 Å². The highest BCUT2D eigenvalue weighted by Gasteiger charge is 2.46. The average Bonchev–Trinajstić information content (AvgIpc) is 3.06. The Bertz CT molecular complexity index is 1040. The number of amides is 1. The topological polar surface area (TPSA) is 79.3 Å². The van der Waals surface area contributed by atoms with E-state index in [4.69, 9.17) is 9.47 Å². The fourth-order valence-electron chi connectivity index (χ4n) is 3.88. The van der Waals surface area contributed by atoms with E-state index in [-0.39, 0.29) is 17.4 Å². The first-order chi connectivity index (χ1) is 16.2. The number of benzene rings is 2. The highest BCUT2D eigenvalue weighted by Crippen LogP contribution is 2.40. The van der Waals surface area contributed by atoms with Crippen LogP contribution < -0.4 is 9.47 Å². The molecular weight excluding hydrogens is 432 g/mol. The van der Waals surface area contributed by atoms with Gasteiger partial charge in [-0.05, 0) is 76.3 Å². The first kappa shape index (κ1) is 25.3. The third-order valence-corrected chi connectivity index (χ3v) is 5.47. The smallest absolute Gasteiger partial charge is 0.295 e. The molecule has 7 nitrogen and oxygen atoms in total. The van der Waals surface area contributed by atoms with Gasteiger partial charge in [0.2, 0.25) is 0 Å². The number of ether oxygens (including phenoxy) is 2. The normalized spacial score (nSPS) is 17.6. The van der Waals surface area contributed by atoms with Gasteiger partial charge in [-0.15, -0.1) is 0 Å². The molecule has 182 valence electrons. The number of carbonyl (C=O) groups excluding carboxylic acids is 2. The Morgan fingerprint density at radius 2 is 1.79 bits per heavy atom. The van der Waals surface area contributed by atoms with Gasteiger partial charge in [0.05, 0.1) is 24.3 Å². The number of carbonyl (C=O) groups is 2. The van der Waals surface area contributed by atoms with Gasteiger partial charge in [-0.1, -0.05) is 19.1 Å². The van der Waals surface area contributed by atoms with Gasteiger partial charge in [-0.3, -0.25) is 9.59 Å².